The van der Waals surface area contributed by atoms with Crippen molar-refractivity contribution >= 4 is 17.3 Å². The first-order valence-electron chi connectivity index (χ1n) is 7.21. The lowest BCUT2D eigenvalue weighted by molar-refractivity contribution is -0.385. The zero-order valence-corrected chi connectivity index (χ0v) is 12.3. The molecule has 1 aromatic rings. The fourth-order valence-electron chi connectivity index (χ4n) is 3.02. The molecule has 0 saturated carbocycles. The Morgan fingerprint density at radius 1 is 1.52 bits per heavy atom. The maximum absolute atomic E-state index is 11.2. The number of carboxylic acids is 1. The summed E-state index contributed by atoms with van der Waals surface area (Å²) < 4.78 is 0. The minimum Gasteiger partial charge on any atom is -0.478 e. The van der Waals surface area contributed by atoms with Gasteiger partial charge < -0.3 is 10.0 Å². The molecule has 1 saturated heterocycles. The topological polar surface area (TPSA) is 83.7 Å². The van der Waals surface area contributed by atoms with Crippen LogP contribution in [0.25, 0.3) is 0 Å². The molecule has 1 aromatic carbocycles. The van der Waals surface area contributed by atoms with Gasteiger partial charge in [0.25, 0.3) is 5.69 Å². The molecule has 21 heavy (non-hydrogen) atoms. The second-order valence-electron chi connectivity index (χ2n) is 5.59. The van der Waals surface area contributed by atoms with E-state index in [2.05, 4.69) is 11.8 Å². The molecule has 1 fully saturated rings. The molecule has 6 nitrogen and oxygen atoms in total. The lowest BCUT2D eigenvalue weighted by Gasteiger charge is -2.21. The zero-order valence-electron chi connectivity index (χ0n) is 12.3. The summed E-state index contributed by atoms with van der Waals surface area (Å²) in [6.45, 7) is 5.50. The monoisotopic (exact) mass is 292 g/mol. The summed E-state index contributed by atoms with van der Waals surface area (Å²) in [6.07, 6.45) is 3.31. The predicted molar refractivity (Wildman–Crippen MR) is 80.0 cm³/mol. The molecular weight excluding hydrogens is 272 g/mol. The van der Waals surface area contributed by atoms with Crippen molar-refractivity contribution in [2.45, 2.75) is 33.1 Å². The van der Waals surface area contributed by atoms with Gasteiger partial charge in [-0.05, 0) is 31.7 Å². The summed E-state index contributed by atoms with van der Waals surface area (Å²) in [4.78, 5) is 23.9. The van der Waals surface area contributed by atoms with E-state index in [1.807, 2.05) is 0 Å². The number of aromatic carboxylic acids is 1. The van der Waals surface area contributed by atoms with Crippen LogP contribution in [0.3, 0.4) is 0 Å². The summed E-state index contributed by atoms with van der Waals surface area (Å²) in [5.41, 5.74) is 1.08. The number of benzene rings is 1. The highest BCUT2D eigenvalue weighted by Gasteiger charge is 2.27. The molecule has 0 aromatic heterocycles. The Hall–Kier alpha value is -2.11. The number of nitro benzene ring substituents is 1. The molecule has 1 unspecified atom stereocenters. The lowest BCUT2D eigenvalue weighted by atomic mass is 10.0. The minimum absolute atomic E-state index is 0.0266. The number of hydrogen-bond acceptors (Lipinski definition) is 4. The smallest absolute Gasteiger partial charge is 0.336 e. The molecule has 1 atom stereocenters. The number of carbonyl (C=O) groups is 1. The number of carboxylic acid groups (broad SMARTS) is 1. The summed E-state index contributed by atoms with van der Waals surface area (Å²) in [6, 6.07) is 2.69. The van der Waals surface area contributed by atoms with E-state index in [1.165, 1.54) is 0 Å². The SMILES string of the molecule is CCCC1CCN(c2cc(C(=O)O)cc([N+](=O)[O-])c2C)C1. The average molecular weight is 292 g/mol. The Morgan fingerprint density at radius 3 is 2.81 bits per heavy atom. The van der Waals surface area contributed by atoms with Gasteiger partial charge in [-0.15, -0.1) is 0 Å². The third kappa shape index (κ3) is 3.15. The Bertz CT molecular complexity index is 571. The Morgan fingerprint density at radius 2 is 2.24 bits per heavy atom. The number of rotatable bonds is 5. The second kappa shape index (κ2) is 6.11. The summed E-state index contributed by atoms with van der Waals surface area (Å²) in [5.74, 6) is -0.550. The van der Waals surface area contributed by atoms with E-state index in [1.54, 1.807) is 13.0 Å². The highest BCUT2D eigenvalue weighted by Crippen LogP contribution is 2.34. The van der Waals surface area contributed by atoms with Gasteiger partial charge in [0.2, 0.25) is 0 Å². The number of nitro groups is 1. The molecule has 1 aliphatic rings. The first-order chi connectivity index (χ1) is 9.93. The molecule has 0 bridgehead atoms. The van der Waals surface area contributed by atoms with Crippen LogP contribution in [0.4, 0.5) is 11.4 Å². The van der Waals surface area contributed by atoms with E-state index in [9.17, 15) is 14.9 Å². The quantitative estimate of drug-likeness (QED) is 0.665. The third-order valence-corrected chi connectivity index (χ3v) is 4.12. The van der Waals surface area contributed by atoms with Crippen molar-refractivity contribution in [2.24, 2.45) is 5.92 Å². The maximum atomic E-state index is 11.2. The van der Waals surface area contributed by atoms with Gasteiger partial charge in [-0.3, -0.25) is 10.1 Å². The van der Waals surface area contributed by atoms with Crippen LogP contribution in [0.15, 0.2) is 12.1 Å². The number of nitrogens with zero attached hydrogens (tertiary/aromatic N) is 2. The molecule has 1 heterocycles. The standard InChI is InChI=1S/C15H20N2O4/c1-3-4-11-5-6-16(9-11)13-7-12(15(18)19)8-14(10(13)2)17(20)21/h7-8,11H,3-6,9H2,1-2H3,(H,18,19). The van der Waals surface area contributed by atoms with Crippen molar-refractivity contribution in [3.63, 3.8) is 0 Å². The van der Waals surface area contributed by atoms with E-state index in [-0.39, 0.29) is 11.3 Å². The van der Waals surface area contributed by atoms with Crippen LogP contribution in [-0.4, -0.2) is 29.1 Å². The van der Waals surface area contributed by atoms with Gasteiger partial charge in [0.15, 0.2) is 0 Å². The molecule has 0 aliphatic carbocycles. The summed E-state index contributed by atoms with van der Waals surface area (Å²) in [7, 11) is 0. The van der Waals surface area contributed by atoms with E-state index >= 15 is 0 Å². The van der Waals surface area contributed by atoms with E-state index in [0.29, 0.717) is 17.2 Å². The second-order valence-corrected chi connectivity index (χ2v) is 5.59. The van der Waals surface area contributed by atoms with Gasteiger partial charge in [0, 0.05) is 24.8 Å². The molecule has 6 heteroatoms. The van der Waals surface area contributed by atoms with Crippen molar-refractivity contribution < 1.29 is 14.8 Å². The van der Waals surface area contributed by atoms with Crippen molar-refractivity contribution in [2.75, 3.05) is 18.0 Å². The molecule has 1 aliphatic heterocycles. The van der Waals surface area contributed by atoms with Crippen LogP contribution in [-0.2, 0) is 0 Å². The van der Waals surface area contributed by atoms with Crippen LogP contribution in [0, 0.1) is 23.0 Å². The fraction of sp³-hybridized carbons (Fsp3) is 0.533. The first-order valence-corrected chi connectivity index (χ1v) is 7.21. The summed E-state index contributed by atoms with van der Waals surface area (Å²) >= 11 is 0. The Balaban J connectivity index is 2.38. The number of anilines is 1. The average Bonchev–Trinajstić information content (AvgIpc) is 2.87. The van der Waals surface area contributed by atoms with Gasteiger partial charge in [-0.25, -0.2) is 4.79 Å². The normalized spacial score (nSPS) is 18.0. The maximum Gasteiger partial charge on any atom is 0.336 e. The fourth-order valence-corrected chi connectivity index (χ4v) is 3.02. The zero-order chi connectivity index (χ0) is 15.6. The molecule has 0 amide bonds. The van der Waals surface area contributed by atoms with Crippen molar-refractivity contribution in [1.82, 2.24) is 0 Å². The van der Waals surface area contributed by atoms with Crippen LogP contribution < -0.4 is 4.90 Å². The van der Waals surface area contributed by atoms with Gasteiger partial charge in [-0.2, -0.15) is 0 Å². The highest BCUT2D eigenvalue weighted by molar-refractivity contribution is 5.90. The predicted octanol–water partition coefficient (Wildman–Crippen LogP) is 3.23. The molecular formula is C15H20N2O4. The van der Waals surface area contributed by atoms with E-state index in [4.69, 9.17) is 5.11 Å². The van der Waals surface area contributed by atoms with Gasteiger partial charge >= 0.3 is 5.97 Å². The molecule has 2 rings (SSSR count). The molecule has 114 valence electrons. The van der Waals surface area contributed by atoms with E-state index in [0.717, 1.165) is 38.4 Å². The van der Waals surface area contributed by atoms with Gasteiger partial charge in [0.05, 0.1) is 16.1 Å². The Kier molecular flexibility index (Phi) is 4.45. The van der Waals surface area contributed by atoms with Crippen LogP contribution in [0.1, 0.15) is 42.1 Å². The Labute approximate surface area is 123 Å². The number of hydrogen-bond donors (Lipinski definition) is 1. The van der Waals surface area contributed by atoms with Crippen LogP contribution in [0.5, 0.6) is 0 Å². The van der Waals surface area contributed by atoms with Gasteiger partial charge in [-0.1, -0.05) is 13.3 Å². The van der Waals surface area contributed by atoms with Crippen molar-refractivity contribution in [3.05, 3.63) is 33.4 Å². The van der Waals surface area contributed by atoms with Crippen molar-refractivity contribution in [1.29, 1.82) is 0 Å². The van der Waals surface area contributed by atoms with E-state index < -0.39 is 10.9 Å². The van der Waals surface area contributed by atoms with Crippen LogP contribution in [0.2, 0.25) is 0 Å². The molecule has 0 spiro atoms. The largest absolute Gasteiger partial charge is 0.478 e. The first kappa shape index (κ1) is 15.3. The third-order valence-electron chi connectivity index (χ3n) is 4.12. The minimum atomic E-state index is -1.14. The molecule has 0 radical (unpaired) electrons. The van der Waals surface area contributed by atoms with Crippen LogP contribution >= 0.6 is 0 Å². The molecule has 1 N–H and O–H groups in total. The van der Waals surface area contributed by atoms with Crippen molar-refractivity contribution in [3.8, 4) is 0 Å². The lowest BCUT2D eigenvalue weighted by Crippen LogP contribution is -2.21. The summed E-state index contributed by atoms with van der Waals surface area (Å²) in [5, 5.41) is 20.3. The highest BCUT2D eigenvalue weighted by atomic mass is 16.6. The van der Waals surface area contributed by atoms with Gasteiger partial charge in [0.1, 0.15) is 0 Å².